The number of hydrogen-bond donors (Lipinski definition) is 0. The lowest BCUT2D eigenvalue weighted by atomic mass is 9.46. The summed E-state index contributed by atoms with van der Waals surface area (Å²) in [6.07, 6.45) is 15.0. The number of halogens is 1. The summed E-state index contributed by atoms with van der Waals surface area (Å²) in [6, 6.07) is 0. The first-order chi connectivity index (χ1) is 14.2. The predicted molar refractivity (Wildman–Crippen MR) is 132 cm³/mol. The van der Waals surface area contributed by atoms with E-state index in [1.165, 1.54) is 56.9 Å². The van der Waals surface area contributed by atoms with Crippen molar-refractivity contribution in [3.05, 3.63) is 11.6 Å². The van der Waals surface area contributed by atoms with Crippen molar-refractivity contribution in [1.29, 1.82) is 0 Å². The molecule has 4 aliphatic carbocycles. The molecule has 8 atom stereocenters. The van der Waals surface area contributed by atoms with Crippen molar-refractivity contribution in [2.24, 2.45) is 46.3 Å². The lowest BCUT2D eigenvalue weighted by Gasteiger charge is -2.57. The lowest BCUT2D eigenvalue weighted by molar-refractivity contribution is -0.134. The van der Waals surface area contributed by atoms with E-state index in [4.69, 9.17) is 3.07 Å². The number of rotatable bonds is 6. The molecule has 0 heterocycles. The third-order valence-electron chi connectivity index (χ3n) is 10.2. The van der Waals surface area contributed by atoms with E-state index in [1.807, 2.05) is 23.0 Å². The summed E-state index contributed by atoms with van der Waals surface area (Å²) < 4.78 is 5.65. The van der Waals surface area contributed by atoms with Crippen LogP contribution in [0.15, 0.2) is 11.6 Å². The van der Waals surface area contributed by atoms with Gasteiger partial charge in [-0.3, -0.25) is 4.79 Å². The molecule has 3 fully saturated rings. The largest absolute Gasteiger partial charge is 0.312 e. The Bertz CT molecular complexity index is 684. The van der Waals surface area contributed by atoms with E-state index in [9.17, 15) is 4.79 Å². The van der Waals surface area contributed by atoms with Gasteiger partial charge in [0.15, 0.2) is 5.78 Å². The monoisotopic (exact) mass is 526 g/mol. The maximum Gasteiger partial charge on any atom is 0.159 e. The Balaban J connectivity index is 1.54. The molecule has 0 spiro atoms. The van der Waals surface area contributed by atoms with Crippen LogP contribution in [-0.2, 0) is 7.86 Å². The van der Waals surface area contributed by atoms with Crippen molar-refractivity contribution < 1.29 is 7.86 Å². The Kier molecular flexibility index (Phi) is 6.82. The van der Waals surface area contributed by atoms with E-state index in [2.05, 4.69) is 40.7 Å². The van der Waals surface area contributed by atoms with Crippen LogP contribution >= 0.6 is 23.0 Å². The molecule has 0 aliphatic heterocycles. The van der Waals surface area contributed by atoms with Gasteiger partial charge in [-0.25, -0.2) is 0 Å². The van der Waals surface area contributed by atoms with E-state index in [0.717, 1.165) is 30.6 Å². The Morgan fingerprint density at radius 2 is 1.83 bits per heavy atom. The SMILES string of the molecule is CC(C)CCC[C@@H](C)[C@H]1CC[C@H]2[C@@H]3C(=O)C=C4C[C@@H](OI)CC[C@]4(C)[C@H]3CC[C@]12C. The highest BCUT2D eigenvalue weighted by atomic mass is 127. The van der Waals surface area contributed by atoms with Gasteiger partial charge in [-0.1, -0.05) is 59.5 Å². The van der Waals surface area contributed by atoms with Gasteiger partial charge in [-0.2, -0.15) is 0 Å². The third-order valence-corrected chi connectivity index (χ3v) is 10.9. The molecule has 30 heavy (non-hydrogen) atoms. The van der Waals surface area contributed by atoms with Crippen LogP contribution < -0.4 is 0 Å². The van der Waals surface area contributed by atoms with Crippen LogP contribution in [0, 0.1) is 46.3 Å². The number of carbonyl (C=O) groups excluding carboxylic acids is 1. The zero-order chi connectivity index (χ0) is 21.7. The van der Waals surface area contributed by atoms with Gasteiger partial charge in [0.1, 0.15) is 23.0 Å². The Labute approximate surface area is 199 Å². The molecule has 0 bridgehead atoms. The van der Waals surface area contributed by atoms with E-state index in [-0.39, 0.29) is 11.3 Å². The highest BCUT2D eigenvalue weighted by Gasteiger charge is 2.61. The summed E-state index contributed by atoms with van der Waals surface area (Å²) in [5, 5.41) is 0. The maximum atomic E-state index is 13.5. The fraction of sp³-hybridized carbons (Fsp3) is 0.889. The topological polar surface area (TPSA) is 26.3 Å². The fourth-order valence-corrected chi connectivity index (χ4v) is 8.90. The molecule has 0 N–H and O–H groups in total. The van der Waals surface area contributed by atoms with Gasteiger partial charge >= 0.3 is 0 Å². The molecule has 0 saturated heterocycles. The molecule has 2 nitrogen and oxygen atoms in total. The number of hydrogen-bond acceptors (Lipinski definition) is 2. The zero-order valence-corrected chi connectivity index (χ0v) is 22.0. The minimum Gasteiger partial charge on any atom is -0.312 e. The van der Waals surface area contributed by atoms with Gasteiger partial charge in [0.25, 0.3) is 0 Å². The lowest BCUT2D eigenvalue weighted by Crippen LogP contribution is -2.53. The molecule has 0 amide bonds. The van der Waals surface area contributed by atoms with Gasteiger partial charge < -0.3 is 3.07 Å². The molecule has 0 aromatic rings. The summed E-state index contributed by atoms with van der Waals surface area (Å²) >= 11 is 2.05. The number of fused-ring (bicyclic) bond motifs is 5. The summed E-state index contributed by atoms with van der Waals surface area (Å²) in [5.74, 6) is 4.33. The summed E-state index contributed by atoms with van der Waals surface area (Å²) in [5.41, 5.74) is 2.01. The van der Waals surface area contributed by atoms with E-state index in [1.54, 1.807) is 0 Å². The van der Waals surface area contributed by atoms with Gasteiger partial charge in [0, 0.05) is 5.92 Å². The van der Waals surface area contributed by atoms with Gasteiger partial charge in [0.05, 0.1) is 6.10 Å². The quantitative estimate of drug-likeness (QED) is 0.329. The van der Waals surface area contributed by atoms with Gasteiger partial charge in [0.2, 0.25) is 0 Å². The van der Waals surface area contributed by atoms with Crippen molar-refractivity contribution in [2.45, 2.75) is 105 Å². The van der Waals surface area contributed by atoms with Crippen molar-refractivity contribution in [3.8, 4) is 0 Å². The highest BCUT2D eigenvalue weighted by molar-refractivity contribution is 14.1. The third kappa shape index (κ3) is 3.86. The zero-order valence-electron chi connectivity index (χ0n) is 19.9. The Hall–Kier alpha value is 0.1000. The minimum absolute atomic E-state index is 0.229. The Morgan fingerprint density at radius 3 is 2.53 bits per heavy atom. The van der Waals surface area contributed by atoms with Crippen molar-refractivity contribution in [2.75, 3.05) is 0 Å². The average molecular weight is 527 g/mol. The van der Waals surface area contributed by atoms with Crippen molar-refractivity contribution >= 4 is 28.8 Å². The summed E-state index contributed by atoms with van der Waals surface area (Å²) in [4.78, 5) is 13.5. The molecule has 0 unspecified atom stereocenters. The molecule has 170 valence electrons. The molecule has 3 saturated carbocycles. The van der Waals surface area contributed by atoms with E-state index >= 15 is 0 Å². The Morgan fingerprint density at radius 1 is 1.07 bits per heavy atom. The van der Waals surface area contributed by atoms with Crippen LogP contribution in [0.4, 0.5) is 0 Å². The first kappa shape index (κ1) is 23.3. The van der Waals surface area contributed by atoms with Crippen LogP contribution in [0.5, 0.6) is 0 Å². The first-order valence-electron chi connectivity index (χ1n) is 12.7. The van der Waals surface area contributed by atoms with Crippen LogP contribution in [0.25, 0.3) is 0 Å². The summed E-state index contributed by atoms with van der Waals surface area (Å²) in [7, 11) is 0. The standard InChI is InChI=1S/C27H43IO2/c1-17(2)7-6-8-18(3)21-9-10-22-25-23(12-14-27(21,22)5)26(4)13-11-20(30-28)15-19(26)16-24(25)29/h16-18,20-23,25H,6-15H2,1-5H3/t18-,20+,21-,22+,23+,25+,26+,27-/m1/s1. The van der Waals surface area contributed by atoms with Crippen molar-refractivity contribution in [1.82, 2.24) is 0 Å². The van der Waals surface area contributed by atoms with Gasteiger partial charge in [-0.05, 0) is 91.4 Å². The molecule has 4 aliphatic rings. The van der Waals surface area contributed by atoms with E-state index < -0.39 is 0 Å². The van der Waals surface area contributed by atoms with E-state index in [0.29, 0.717) is 29.1 Å². The molecule has 0 radical (unpaired) electrons. The second-order valence-electron chi connectivity index (χ2n) is 12.2. The second-order valence-corrected chi connectivity index (χ2v) is 12.7. The average Bonchev–Trinajstić information content (AvgIpc) is 3.05. The van der Waals surface area contributed by atoms with Gasteiger partial charge in [-0.15, -0.1) is 0 Å². The number of allylic oxidation sites excluding steroid dienone is 1. The molecule has 4 rings (SSSR count). The molecule has 3 heteroatoms. The minimum atomic E-state index is 0.229. The fourth-order valence-electron chi connectivity index (χ4n) is 8.47. The summed E-state index contributed by atoms with van der Waals surface area (Å²) in [6.45, 7) is 12.2. The molecular formula is C27H43IO2. The molecule has 0 aromatic heterocycles. The smallest absolute Gasteiger partial charge is 0.159 e. The van der Waals surface area contributed by atoms with Crippen molar-refractivity contribution in [3.63, 3.8) is 0 Å². The molecular weight excluding hydrogens is 483 g/mol. The first-order valence-corrected chi connectivity index (χ1v) is 13.6. The van der Waals surface area contributed by atoms with Crippen LogP contribution in [-0.4, -0.2) is 11.9 Å². The highest BCUT2D eigenvalue weighted by Crippen LogP contribution is 2.66. The van der Waals surface area contributed by atoms with Crippen LogP contribution in [0.1, 0.15) is 98.8 Å². The number of ketones is 1. The molecule has 0 aromatic carbocycles. The maximum absolute atomic E-state index is 13.5. The van der Waals surface area contributed by atoms with Crippen LogP contribution in [0.3, 0.4) is 0 Å². The normalized spacial score (nSPS) is 44.3. The predicted octanol–water partition coefficient (Wildman–Crippen LogP) is 7.94. The van der Waals surface area contributed by atoms with Crippen LogP contribution in [0.2, 0.25) is 0 Å². The second kappa shape index (κ2) is 8.80. The number of carbonyl (C=O) groups is 1.